The van der Waals surface area contributed by atoms with Crippen LogP contribution in [0.25, 0.3) is 0 Å². The average molecular weight is 363 g/mol. The van der Waals surface area contributed by atoms with E-state index in [1.165, 1.54) is 16.7 Å². The van der Waals surface area contributed by atoms with Gasteiger partial charge in [-0.05, 0) is 25.0 Å². The predicted octanol–water partition coefficient (Wildman–Crippen LogP) is 3.30. The van der Waals surface area contributed by atoms with Crippen molar-refractivity contribution in [1.29, 1.82) is 0 Å². The van der Waals surface area contributed by atoms with Crippen molar-refractivity contribution in [2.45, 2.75) is 38.1 Å². The van der Waals surface area contributed by atoms with Crippen LogP contribution in [-0.4, -0.2) is 40.1 Å². The number of nitrogens with zero attached hydrogens (tertiary/aromatic N) is 2. The summed E-state index contributed by atoms with van der Waals surface area (Å²) in [6.45, 7) is 1.13. The number of furan rings is 1. The Morgan fingerprint density at radius 3 is 3.00 bits per heavy atom. The van der Waals surface area contributed by atoms with Gasteiger partial charge in [0.15, 0.2) is 5.69 Å². The van der Waals surface area contributed by atoms with Gasteiger partial charge in [-0.2, -0.15) is 0 Å². The van der Waals surface area contributed by atoms with Crippen LogP contribution in [0.1, 0.15) is 53.0 Å². The maximum absolute atomic E-state index is 12.6. The Morgan fingerprint density at radius 1 is 1.40 bits per heavy atom. The fraction of sp³-hybridized carbons (Fsp3) is 0.471. The van der Waals surface area contributed by atoms with Gasteiger partial charge in [-0.3, -0.25) is 0 Å². The van der Waals surface area contributed by atoms with Crippen LogP contribution in [0.4, 0.5) is 4.79 Å². The molecule has 3 rings (SSSR count). The average Bonchev–Trinajstić information content (AvgIpc) is 3.23. The molecule has 0 spiro atoms. The molecule has 2 aromatic rings. The first-order valence-electron chi connectivity index (χ1n) is 8.40. The van der Waals surface area contributed by atoms with Crippen molar-refractivity contribution >= 4 is 23.3 Å². The zero-order chi connectivity index (χ0) is 17.6. The van der Waals surface area contributed by atoms with E-state index >= 15 is 0 Å². The molecule has 1 fully saturated rings. The van der Waals surface area contributed by atoms with Crippen molar-refractivity contribution in [3.8, 4) is 0 Å². The summed E-state index contributed by atoms with van der Waals surface area (Å²) in [5, 5.41) is 14.0. The molecule has 1 aliphatic heterocycles. The first-order valence-corrected chi connectivity index (χ1v) is 9.28. The van der Waals surface area contributed by atoms with Crippen molar-refractivity contribution in [3.05, 3.63) is 40.2 Å². The lowest BCUT2D eigenvalue weighted by Gasteiger charge is -2.28. The van der Waals surface area contributed by atoms with Crippen LogP contribution in [0.2, 0.25) is 0 Å². The number of aromatic nitrogens is 1. The smallest absolute Gasteiger partial charge is 0.355 e. The molecule has 134 valence electrons. The zero-order valence-corrected chi connectivity index (χ0v) is 14.6. The highest BCUT2D eigenvalue weighted by molar-refractivity contribution is 7.09. The van der Waals surface area contributed by atoms with Crippen LogP contribution in [0, 0.1) is 0 Å². The zero-order valence-electron chi connectivity index (χ0n) is 13.8. The van der Waals surface area contributed by atoms with E-state index in [1.54, 1.807) is 6.26 Å². The van der Waals surface area contributed by atoms with Crippen molar-refractivity contribution in [3.63, 3.8) is 0 Å². The highest BCUT2D eigenvalue weighted by atomic mass is 32.1. The summed E-state index contributed by atoms with van der Waals surface area (Å²) in [4.78, 5) is 29.3. The van der Waals surface area contributed by atoms with Gasteiger partial charge in [0, 0.05) is 24.9 Å². The van der Waals surface area contributed by atoms with E-state index in [4.69, 9.17) is 9.52 Å². The number of hydrogen-bond acceptors (Lipinski definition) is 5. The van der Waals surface area contributed by atoms with E-state index in [1.807, 2.05) is 17.0 Å². The minimum Gasteiger partial charge on any atom is -0.476 e. The third kappa shape index (κ3) is 4.39. The lowest BCUT2D eigenvalue weighted by atomic mass is 10.1. The molecule has 2 aromatic heterocycles. The first-order chi connectivity index (χ1) is 12.1. The number of carbonyl (C=O) groups excluding carboxylic acids is 1. The number of thiazole rings is 1. The molecule has 1 saturated heterocycles. The number of carboxylic acid groups (broad SMARTS) is 1. The van der Waals surface area contributed by atoms with Crippen LogP contribution < -0.4 is 5.32 Å². The molecule has 2 amide bonds. The number of carbonyl (C=O) groups is 2. The van der Waals surface area contributed by atoms with Gasteiger partial charge < -0.3 is 19.7 Å². The van der Waals surface area contributed by atoms with E-state index in [0.29, 0.717) is 24.5 Å². The maximum atomic E-state index is 12.6. The van der Waals surface area contributed by atoms with Gasteiger partial charge in [-0.1, -0.05) is 12.8 Å². The van der Waals surface area contributed by atoms with E-state index < -0.39 is 5.97 Å². The molecule has 7 nitrogen and oxygen atoms in total. The van der Waals surface area contributed by atoms with Gasteiger partial charge in [0.25, 0.3) is 0 Å². The number of rotatable bonds is 5. The third-order valence-corrected chi connectivity index (χ3v) is 5.18. The molecule has 0 unspecified atom stereocenters. The molecular weight excluding hydrogens is 342 g/mol. The number of hydrogen-bond donors (Lipinski definition) is 2. The van der Waals surface area contributed by atoms with Crippen LogP contribution in [0.3, 0.4) is 0 Å². The Morgan fingerprint density at radius 2 is 2.28 bits per heavy atom. The second-order valence-electron chi connectivity index (χ2n) is 5.99. The van der Waals surface area contributed by atoms with Crippen LogP contribution in [-0.2, 0) is 6.42 Å². The maximum Gasteiger partial charge on any atom is 0.355 e. The van der Waals surface area contributed by atoms with Crippen molar-refractivity contribution in [1.82, 2.24) is 15.2 Å². The summed E-state index contributed by atoms with van der Waals surface area (Å²) < 4.78 is 5.52. The fourth-order valence-electron chi connectivity index (χ4n) is 3.03. The molecule has 0 aliphatic carbocycles. The minimum atomic E-state index is -1.03. The van der Waals surface area contributed by atoms with Gasteiger partial charge in [-0.15, -0.1) is 11.3 Å². The Balaban J connectivity index is 1.57. The number of aromatic carboxylic acids is 1. The predicted molar refractivity (Wildman–Crippen MR) is 92.8 cm³/mol. The van der Waals surface area contributed by atoms with Crippen LogP contribution in [0.15, 0.2) is 28.2 Å². The van der Waals surface area contributed by atoms with E-state index in [9.17, 15) is 9.59 Å². The van der Waals surface area contributed by atoms with Crippen LogP contribution >= 0.6 is 11.3 Å². The van der Waals surface area contributed by atoms with Crippen molar-refractivity contribution < 1.29 is 19.1 Å². The molecule has 0 saturated carbocycles. The topological polar surface area (TPSA) is 95.7 Å². The normalized spacial score (nSPS) is 17.9. The van der Waals surface area contributed by atoms with E-state index in [2.05, 4.69) is 10.3 Å². The lowest BCUT2D eigenvalue weighted by molar-refractivity contribution is 0.0691. The van der Waals surface area contributed by atoms with Gasteiger partial charge >= 0.3 is 12.0 Å². The highest BCUT2D eigenvalue weighted by Gasteiger charge is 2.28. The largest absolute Gasteiger partial charge is 0.476 e. The molecule has 1 atom stereocenters. The summed E-state index contributed by atoms with van der Waals surface area (Å²) in [5.41, 5.74) is 0.0525. The first kappa shape index (κ1) is 17.5. The standard InChI is InChI=1S/C17H21N3O4S/c21-16(22)12-11-25-15(19-12)7-8-18-17(23)20-9-3-1-2-5-13(20)14-6-4-10-24-14/h4,6,10-11,13H,1-3,5,7-9H2,(H,18,23)(H,21,22)/t13-/m1/s1. The second kappa shape index (κ2) is 8.15. The summed E-state index contributed by atoms with van der Waals surface area (Å²) in [7, 11) is 0. The molecule has 0 radical (unpaired) electrons. The van der Waals surface area contributed by atoms with Crippen molar-refractivity contribution in [2.75, 3.05) is 13.1 Å². The number of nitrogens with one attached hydrogen (secondary N) is 1. The highest BCUT2D eigenvalue weighted by Crippen LogP contribution is 2.30. The SMILES string of the molecule is O=C(O)c1csc(CCNC(=O)N2CCCCC[C@@H]2c2ccco2)n1. The Hall–Kier alpha value is -2.35. The van der Waals surface area contributed by atoms with Gasteiger partial charge in [0.2, 0.25) is 0 Å². The lowest BCUT2D eigenvalue weighted by Crippen LogP contribution is -2.42. The molecule has 2 N–H and O–H groups in total. The summed E-state index contributed by atoms with van der Waals surface area (Å²) >= 11 is 1.30. The second-order valence-corrected chi connectivity index (χ2v) is 6.93. The summed E-state index contributed by atoms with van der Waals surface area (Å²) in [6, 6.07) is 3.62. The Bertz CT molecular complexity index is 713. The fourth-order valence-corrected chi connectivity index (χ4v) is 3.80. The van der Waals surface area contributed by atoms with Crippen molar-refractivity contribution in [2.24, 2.45) is 0 Å². The number of urea groups is 1. The summed E-state index contributed by atoms with van der Waals surface area (Å²) in [6.07, 6.45) is 6.22. The number of amides is 2. The van der Waals surface area contributed by atoms with Gasteiger partial charge in [0.1, 0.15) is 5.76 Å². The van der Waals surface area contributed by atoms with Crippen LogP contribution in [0.5, 0.6) is 0 Å². The minimum absolute atomic E-state index is 0.0315. The molecule has 3 heterocycles. The quantitative estimate of drug-likeness (QED) is 0.850. The van der Waals surface area contributed by atoms with E-state index in [0.717, 1.165) is 31.4 Å². The summed E-state index contributed by atoms with van der Waals surface area (Å²) in [5.74, 6) is -0.208. The van der Waals surface area contributed by atoms with Gasteiger partial charge in [-0.25, -0.2) is 14.6 Å². The number of likely N-dealkylation sites (tertiary alicyclic amines) is 1. The molecule has 25 heavy (non-hydrogen) atoms. The molecule has 0 bridgehead atoms. The molecule has 0 aromatic carbocycles. The van der Waals surface area contributed by atoms with E-state index in [-0.39, 0.29) is 17.8 Å². The Kier molecular flexibility index (Phi) is 5.70. The number of carboxylic acids is 1. The third-order valence-electron chi connectivity index (χ3n) is 4.27. The molecular formula is C17H21N3O4S. The van der Waals surface area contributed by atoms with Gasteiger partial charge in [0.05, 0.1) is 17.3 Å². The monoisotopic (exact) mass is 363 g/mol. The molecule has 1 aliphatic rings. The Labute approximate surface area is 149 Å². The molecule has 8 heteroatoms.